The fraction of sp³-hybridized carbons (Fsp3) is 0.348. The van der Waals surface area contributed by atoms with Crippen LogP contribution in [-0.4, -0.2) is 30.1 Å². The predicted octanol–water partition coefficient (Wildman–Crippen LogP) is 5.25. The summed E-state index contributed by atoms with van der Waals surface area (Å²) in [5.41, 5.74) is 2.46. The molecule has 0 bridgehead atoms. The maximum absolute atomic E-state index is 13.1. The molecular formula is C23H24F3NO2. The van der Waals surface area contributed by atoms with Crippen LogP contribution in [-0.2, 0) is 17.8 Å². The van der Waals surface area contributed by atoms with E-state index in [-0.39, 0.29) is 25.3 Å². The summed E-state index contributed by atoms with van der Waals surface area (Å²) >= 11 is 0. The fourth-order valence-corrected chi connectivity index (χ4v) is 3.49. The average Bonchev–Trinajstić information content (AvgIpc) is 2.73. The number of hydrogen-bond acceptors (Lipinski definition) is 2. The molecule has 3 nitrogen and oxygen atoms in total. The van der Waals surface area contributed by atoms with Crippen molar-refractivity contribution in [2.75, 3.05) is 13.1 Å². The van der Waals surface area contributed by atoms with Gasteiger partial charge >= 0.3 is 6.18 Å². The van der Waals surface area contributed by atoms with Gasteiger partial charge in [0.15, 0.2) is 0 Å². The van der Waals surface area contributed by atoms with Gasteiger partial charge in [0.2, 0.25) is 5.91 Å². The van der Waals surface area contributed by atoms with Crippen LogP contribution in [0.1, 0.15) is 29.5 Å². The quantitative estimate of drug-likeness (QED) is 0.659. The minimum Gasteiger partial charge on any atom is -0.489 e. The zero-order valence-corrected chi connectivity index (χ0v) is 16.1. The minimum absolute atomic E-state index is 0.00359. The van der Waals surface area contributed by atoms with E-state index in [1.165, 1.54) is 4.90 Å². The van der Waals surface area contributed by atoms with Crippen LogP contribution in [0.2, 0.25) is 0 Å². The van der Waals surface area contributed by atoms with E-state index in [1.807, 2.05) is 36.4 Å². The molecule has 1 amide bonds. The van der Waals surface area contributed by atoms with Crippen LogP contribution in [0.25, 0.3) is 6.08 Å². The van der Waals surface area contributed by atoms with Gasteiger partial charge in [-0.3, -0.25) is 4.79 Å². The molecule has 0 N–H and O–H groups in total. The average molecular weight is 403 g/mol. The van der Waals surface area contributed by atoms with Gasteiger partial charge in [-0.15, -0.1) is 0 Å². The Bertz CT molecular complexity index is 849. The molecule has 0 aromatic heterocycles. The first-order valence-electron chi connectivity index (χ1n) is 9.63. The van der Waals surface area contributed by atoms with Crippen molar-refractivity contribution in [1.29, 1.82) is 0 Å². The van der Waals surface area contributed by atoms with Crippen molar-refractivity contribution in [3.8, 4) is 5.75 Å². The van der Waals surface area contributed by atoms with Gasteiger partial charge in [0.1, 0.15) is 12.4 Å². The summed E-state index contributed by atoms with van der Waals surface area (Å²) in [7, 11) is 0. The van der Waals surface area contributed by atoms with Crippen molar-refractivity contribution < 1.29 is 22.7 Å². The van der Waals surface area contributed by atoms with Gasteiger partial charge in [0, 0.05) is 18.7 Å². The van der Waals surface area contributed by atoms with Crippen LogP contribution in [0.4, 0.5) is 13.2 Å². The molecule has 1 unspecified atom stereocenters. The molecule has 0 saturated carbocycles. The molecule has 1 saturated heterocycles. The number of amides is 1. The Hall–Kier alpha value is -2.76. The lowest BCUT2D eigenvalue weighted by atomic mass is 9.96. The van der Waals surface area contributed by atoms with E-state index in [2.05, 4.69) is 6.58 Å². The van der Waals surface area contributed by atoms with E-state index in [1.54, 1.807) is 18.2 Å². The largest absolute Gasteiger partial charge is 0.489 e. The molecule has 0 radical (unpaired) electrons. The number of nitrogens with zero attached hydrogens (tertiary/aromatic N) is 1. The van der Waals surface area contributed by atoms with Gasteiger partial charge in [-0.2, -0.15) is 13.2 Å². The highest BCUT2D eigenvalue weighted by molar-refractivity contribution is 5.80. The number of carbonyl (C=O) groups excluding carboxylic acids is 1. The van der Waals surface area contributed by atoms with E-state index in [4.69, 9.17) is 4.74 Å². The highest BCUT2D eigenvalue weighted by Crippen LogP contribution is 2.33. The maximum Gasteiger partial charge on any atom is 0.393 e. The second kappa shape index (κ2) is 9.16. The van der Waals surface area contributed by atoms with Crippen LogP contribution in [0.5, 0.6) is 5.75 Å². The summed E-state index contributed by atoms with van der Waals surface area (Å²) in [5, 5.41) is 0. The first-order chi connectivity index (χ1) is 13.9. The normalized spacial score (nSPS) is 17.1. The Labute approximate surface area is 168 Å². The summed E-state index contributed by atoms with van der Waals surface area (Å²) in [5.74, 6) is -1.21. The number of hydrogen-bond donors (Lipinski definition) is 0. The number of halogens is 3. The zero-order chi connectivity index (χ0) is 20.9. The summed E-state index contributed by atoms with van der Waals surface area (Å²) < 4.78 is 45.1. The molecule has 6 heteroatoms. The van der Waals surface area contributed by atoms with Crippen LogP contribution < -0.4 is 4.74 Å². The van der Waals surface area contributed by atoms with Crippen molar-refractivity contribution in [3.05, 3.63) is 71.8 Å². The Balaban J connectivity index is 1.72. The Morgan fingerprint density at radius 2 is 1.97 bits per heavy atom. The molecule has 1 heterocycles. The van der Waals surface area contributed by atoms with E-state index >= 15 is 0 Å². The monoisotopic (exact) mass is 403 g/mol. The summed E-state index contributed by atoms with van der Waals surface area (Å²) in [6, 6.07) is 15.0. The number of likely N-dealkylation sites (tertiary alicyclic amines) is 1. The summed E-state index contributed by atoms with van der Waals surface area (Å²) in [6.45, 7) is 4.16. The first kappa shape index (κ1) is 21.0. The van der Waals surface area contributed by atoms with Gasteiger partial charge in [-0.25, -0.2) is 0 Å². The standard InChI is InChI=1S/C23H24F3NO2/c1-2-17-10-11-21(29-16-18-7-4-3-5-8-18)19(13-17)14-22(28)27-12-6-9-20(15-27)23(24,25)26/h2-5,7-8,10-11,13,20H,1,6,9,12,14-16H2. The SMILES string of the molecule is C=Cc1ccc(OCc2ccccc2)c(CC(=O)N2CCCC(C(F)(F)F)C2)c1. The van der Waals surface area contributed by atoms with Crippen molar-refractivity contribution >= 4 is 12.0 Å². The second-order valence-corrected chi connectivity index (χ2v) is 7.24. The molecule has 1 aliphatic heterocycles. The molecule has 3 rings (SSSR count). The third kappa shape index (κ3) is 5.62. The Morgan fingerprint density at radius 3 is 2.66 bits per heavy atom. The second-order valence-electron chi connectivity index (χ2n) is 7.24. The van der Waals surface area contributed by atoms with E-state index in [0.717, 1.165) is 11.1 Å². The van der Waals surface area contributed by atoms with Gasteiger partial charge in [0.25, 0.3) is 0 Å². The molecule has 1 fully saturated rings. The number of alkyl halides is 3. The smallest absolute Gasteiger partial charge is 0.393 e. The number of piperidine rings is 1. The van der Waals surface area contributed by atoms with E-state index in [0.29, 0.717) is 30.9 Å². The van der Waals surface area contributed by atoms with Crippen molar-refractivity contribution in [1.82, 2.24) is 4.90 Å². The third-order valence-electron chi connectivity index (χ3n) is 5.14. The topological polar surface area (TPSA) is 29.5 Å². The number of rotatable bonds is 6. The van der Waals surface area contributed by atoms with Crippen molar-refractivity contribution in [2.45, 2.75) is 32.0 Å². The lowest BCUT2D eigenvalue weighted by molar-refractivity contribution is -0.187. The molecule has 1 atom stereocenters. The number of ether oxygens (including phenoxy) is 1. The molecular weight excluding hydrogens is 379 g/mol. The minimum atomic E-state index is -4.27. The van der Waals surface area contributed by atoms with Crippen LogP contribution in [0.3, 0.4) is 0 Å². The summed E-state index contributed by atoms with van der Waals surface area (Å²) in [4.78, 5) is 14.1. The molecule has 2 aromatic rings. The molecule has 1 aliphatic rings. The molecule has 29 heavy (non-hydrogen) atoms. The van der Waals surface area contributed by atoms with Crippen molar-refractivity contribution in [2.24, 2.45) is 5.92 Å². The summed E-state index contributed by atoms with van der Waals surface area (Å²) in [6.07, 6.45) is -2.18. The zero-order valence-electron chi connectivity index (χ0n) is 16.1. The van der Waals surface area contributed by atoms with E-state index in [9.17, 15) is 18.0 Å². The molecule has 0 spiro atoms. The van der Waals surface area contributed by atoms with Crippen LogP contribution >= 0.6 is 0 Å². The van der Waals surface area contributed by atoms with Gasteiger partial charge in [-0.05, 0) is 36.1 Å². The lowest BCUT2D eigenvalue weighted by Gasteiger charge is -2.34. The third-order valence-corrected chi connectivity index (χ3v) is 5.14. The van der Waals surface area contributed by atoms with Gasteiger partial charge in [0.05, 0.1) is 12.3 Å². The molecule has 154 valence electrons. The van der Waals surface area contributed by atoms with Crippen LogP contribution in [0, 0.1) is 5.92 Å². The predicted molar refractivity (Wildman–Crippen MR) is 106 cm³/mol. The van der Waals surface area contributed by atoms with Gasteiger partial charge in [-0.1, -0.05) is 49.1 Å². The Morgan fingerprint density at radius 1 is 1.21 bits per heavy atom. The first-order valence-corrected chi connectivity index (χ1v) is 9.63. The van der Waals surface area contributed by atoms with Crippen molar-refractivity contribution in [3.63, 3.8) is 0 Å². The lowest BCUT2D eigenvalue weighted by Crippen LogP contribution is -2.45. The fourth-order valence-electron chi connectivity index (χ4n) is 3.49. The highest BCUT2D eigenvalue weighted by atomic mass is 19.4. The number of carbonyl (C=O) groups is 1. The Kier molecular flexibility index (Phi) is 6.62. The molecule has 0 aliphatic carbocycles. The van der Waals surface area contributed by atoms with Gasteiger partial charge < -0.3 is 9.64 Å². The molecule has 2 aromatic carbocycles. The van der Waals surface area contributed by atoms with E-state index < -0.39 is 12.1 Å². The number of benzene rings is 2. The highest BCUT2D eigenvalue weighted by Gasteiger charge is 2.42. The van der Waals surface area contributed by atoms with Crippen LogP contribution in [0.15, 0.2) is 55.1 Å². The maximum atomic E-state index is 13.1.